The van der Waals surface area contributed by atoms with Crippen molar-refractivity contribution in [2.45, 2.75) is 19.9 Å². The van der Waals surface area contributed by atoms with Gasteiger partial charge in [0, 0.05) is 18.7 Å². The van der Waals surface area contributed by atoms with Crippen LogP contribution >= 0.6 is 11.6 Å². The first-order chi connectivity index (χ1) is 9.69. The molecule has 1 heterocycles. The zero-order chi connectivity index (χ0) is 14.4. The van der Waals surface area contributed by atoms with Crippen molar-refractivity contribution >= 4 is 11.6 Å². The van der Waals surface area contributed by atoms with E-state index in [9.17, 15) is 4.39 Å². The average molecular weight is 296 g/mol. The summed E-state index contributed by atoms with van der Waals surface area (Å²) in [6.07, 6.45) is 1.07. The SMILES string of the molecule is CCCNCc1ccc(Oc2ccc(F)c(Cl)c2)nn1. The number of hydrogen-bond donors (Lipinski definition) is 1. The molecule has 4 nitrogen and oxygen atoms in total. The second-order valence-electron chi connectivity index (χ2n) is 4.22. The Morgan fingerprint density at radius 3 is 2.75 bits per heavy atom. The van der Waals surface area contributed by atoms with E-state index < -0.39 is 5.82 Å². The first-order valence-electron chi connectivity index (χ1n) is 6.35. The number of hydrogen-bond acceptors (Lipinski definition) is 4. The highest BCUT2D eigenvalue weighted by Gasteiger charge is 2.04. The van der Waals surface area contributed by atoms with Crippen LogP contribution in [-0.4, -0.2) is 16.7 Å². The number of aromatic nitrogens is 2. The molecule has 0 atom stereocenters. The molecule has 0 saturated heterocycles. The van der Waals surface area contributed by atoms with Gasteiger partial charge in [0.25, 0.3) is 0 Å². The predicted octanol–water partition coefficient (Wildman–Crippen LogP) is 3.56. The molecular weight excluding hydrogens is 281 g/mol. The lowest BCUT2D eigenvalue weighted by Crippen LogP contribution is -2.15. The number of ether oxygens (including phenoxy) is 1. The second kappa shape index (κ2) is 7.17. The van der Waals surface area contributed by atoms with E-state index >= 15 is 0 Å². The zero-order valence-corrected chi connectivity index (χ0v) is 11.8. The Labute approximate surface area is 121 Å². The van der Waals surface area contributed by atoms with Gasteiger partial charge in [0.15, 0.2) is 0 Å². The number of benzene rings is 1. The van der Waals surface area contributed by atoms with Crippen molar-refractivity contribution in [2.24, 2.45) is 0 Å². The Balaban J connectivity index is 1.97. The minimum atomic E-state index is -0.484. The van der Waals surface area contributed by atoms with Crippen LogP contribution in [0.4, 0.5) is 4.39 Å². The molecule has 0 bridgehead atoms. The van der Waals surface area contributed by atoms with Crippen molar-refractivity contribution in [3.8, 4) is 11.6 Å². The topological polar surface area (TPSA) is 47.0 Å². The third kappa shape index (κ3) is 4.15. The summed E-state index contributed by atoms with van der Waals surface area (Å²) in [5, 5.41) is 11.2. The van der Waals surface area contributed by atoms with Crippen molar-refractivity contribution in [1.82, 2.24) is 15.5 Å². The molecule has 1 N–H and O–H groups in total. The van der Waals surface area contributed by atoms with Crippen LogP contribution in [0.15, 0.2) is 30.3 Å². The van der Waals surface area contributed by atoms with Gasteiger partial charge in [0.2, 0.25) is 5.88 Å². The summed E-state index contributed by atoms with van der Waals surface area (Å²) in [5.74, 6) is 0.275. The molecule has 0 spiro atoms. The molecule has 1 aromatic heterocycles. The minimum Gasteiger partial charge on any atom is -0.437 e. The molecule has 0 amide bonds. The fourth-order valence-corrected chi connectivity index (χ4v) is 1.72. The Morgan fingerprint density at radius 1 is 1.25 bits per heavy atom. The maximum absolute atomic E-state index is 13.0. The third-order valence-electron chi connectivity index (χ3n) is 2.54. The zero-order valence-electron chi connectivity index (χ0n) is 11.1. The Bertz CT molecular complexity index is 563. The van der Waals surface area contributed by atoms with E-state index in [4.69, 9.17) is 16.3 Å². The number of halogens is 2. The van der Waals surface area contributed by atoms with Gasteiger partial charge in [0.05, 0.1) is 10.7 Å². The second-order valence-corrected chi connectivity index (χ2v) is 4.62. The smallest absolute Gasteiger partial charge is 0.238 e. The van der Waals surface area contributed by atoms with Crippen LogP contribution in [0, 0.1) is 5.82 Å². The van der Waals surface area contributed by atoms with Crippen LogP contribution < -0.4 is 10.1 Å². The molecule has 0 saturated carbocycles. The number of nitrogens with zero attached hydrogens (tertiary/aromatic N) is 2. The maximum Gasteiger partial charge on any atom is 0.238 e. The summed E-state index contributed by atoms with van der Waals surface area (Å²) in [5.41, 5.74) is 0.836. The van der Waals surface area contributed by atoms with Gasteiger partial charge in [-0.15, -0.1) is 5.10 Å². The molecule has 0 unspecified atom stereocenters. The normalized spacial score (nSPS) is 10.6. The molecule has 0 aliphatic heterocycles. The fourth-order valence-electron chi connectivity index (χ4n) is 1.55. The summed E-state index contributed by atoms with van der Waals surface area (Å²) in [6, 6.07) is 7.67. The Hall–Kier alpha value is -1.72. The minimum absolute atomic E-state index is 0.0100. The quantitative estimate of drug-likeness (QED) is 0.828. The van der Waals surface area contributed by atoms with Crippen molar-refractivity contribution in [2.75, 3.05) is 6.54 Å². The van der Waals surface area contributed by atoms with Gasteiger partial charge in [-0.05, 0) is 31.2 Å². The average Bonchev–Trinajstić information content (AvgIpc) is 2.45. The molecule has 0 aliphatic carbocycles. The van der Waals surface area contributed by atoms with Crippen LogP contribution in [0.25, 0.3) is 0 Å². The predicted molar refractivity (Wildman–Crippen MR) is 75.5 cm³/mol. The van der Waals surface area contributed by atoms with E-state index in [0.29, 0.717) is 18.2 Å². The largest absolute Gasteiger partial charge is 0.437 e. The van der Waals surface area contributed by atoms with Crippen LogP contribution in [0.5, 0.6) is 11.6 Å². The third-order valence-corrected chi connectivity index (χ3v) is 2.83. The molecule has 6 heteroatoms. The van der Waals surface area contributed by atoms with Gasteiger partial charge in [-0.1, -0.05) is 18.5 Å². The van der Waals surface area contributed by atoms with E-state index in [-0.39, 0.29) is 5.02 Å². The summed E-state index contributed by atoms with van der Waals surface area (Å²) in [6.45, 7) is 3.71. The highest BCUT2D eigenvalue weighted by molar-refractivity contribution is 6.30. The van der Waals surface area contributed by atoms with Gasteiger partial charge in [-0.2, -0.15) is 5.10 Å². The monoisotopic (exact) mass is 295 g/mol. The fraction of sp³-hybridized carbons (Fsp3) is 0.286. The molecule has 0 aliphatic rings. The molecular formula is C14H15ClFN3O. The molecule has 0 radical (unpaired) electrons. The highest BCUT2D eigenvalue weighted by atomic mass is 35.5. The van der Waals surface area contributed by atoms with E-state index in [1.807, 2.05) is 6.07 Å². The van der Waals surface area contributed by atoms with Crippen LogP contribution in [0.1, 0.15) is 19.0 Å². The lowest BCUT2D eigenvalue weighted by atomic mass is 10.3. The number of nitrogens with one attached hydrogen (secondary N) is 1. The standard InChI is InChI=1S/C14H15ClFN3O/c1-2-7-17-9-10-3-6-14(19-18-10)20-11-4-5-13(16)12(15)8-11/h3-6,8,17H,2,7,9H2,1H3. The first kappa shape index (κ1) is 14.7. The maximum atomic E-state index is 13.0. The molecule has 20 heavy (non-hydrogen) atoms. The van der Waals surface area contributed by atoms with Gasteiger partial charge in [-0.25, -0.2) is 4.39 Å². The van der Waals surface area contributed by atoms with E-state index in [2.05, 4.69) is 22.4 Å². The van der Waals surface area contributed by atoms with Gasteiger partial charge in [-0.3, -0.25) is 0 Å². The van der Waals surface area contributed by atoms with Crippen molar-refractivity contribution < 1.29 is 9.13 Å². The van der Waals surface area contributed by atoms with Crippen LogP contribution in [0.3, 0.4) is 0 Å². The van der Waals surface area contributed by atoms with E-state index in [0.717, 1.165) is 18.7 Å². The Kier molecular flexibility index (Phi) is 5.26. The van der Waals surface area contributed by atoms with E-state index in [1.165, 1.54) is 18.2 Å². The Morgan fingerprint density at radius 2 is 2.10 bits per heavy atom. The molecule has 1 aromatic carbocycles. The van der Waals surface area contributed by atoms with Crippen molar-refractivity contribution in [3.05, 3.63) is 46.9 Å². The van der Waals surface area contributed by atoms with Gasteiger partial charge >= 0.3 is 0 Å². The lowest BCUT2D eigenvalue weighted by Gasteiger charge is -2.06. The van der Waals surface area contributed by atoms with Crippen LogP contribution in [-0.2, 0) is 6.54 Å². The highest BCUT2D eigenvalue weighted by Crippen LogP contribution is 2.24. The lowest BCUT2D eigenvalue weighted by molar-refractivity contribution is 0.451. The first-order valence-corrected chi connectivity index (χ1v) is 6.73. The van der Waals surface area contributed by atoms with Gasteiger partial charge in [0.1, 0.15) is 11.6 Å². The molecule has 2 rings (SSSR count). The van der Waals surface area contributed by atoms with Crippen molar-refractivity contribution in [3.63, 3.8) is 0 Å². The number of rotatable bonds is 6. The van der Waals surface area contributed by atoms with Crippen molar-refractivity contribution in [1.29, 1.82) is 0 Å². The van der Waals surface area contributed by atoms with E-state index in [1.54, 1.807) is 6.07 Å². The molecule has 106 valence electrons. The van der Waals surface area contributed by atoms with Gasteiger partial charge < -0.3 is 10.1 Å². The summed E-state index contributed by atoms with van der Waals surface area (Å²) in [4.78, 5) is 0. The van der Waals surface area contributed by atoms with Crippen LogP contribution in [0.2, 0.25) is 5.02 Å². The summed E-state index contributed by atoms with van der Waals surface area (Å²) >= 11 is 5.68. The molecule has 2 aromatic rings. The summed E-state index contributed by atoms with van der Waals surface area (Å²) in [7, 11) is 0. The molecule has 0 fully saturated rings. The summed E-state index contributed by atoms with van der Waals surface area (Å²) < 4.78 is 18.5.